The normalized spacial score (nSPS) is 30.5. The molecule has 1 N–H and O–H groups in total. The van der Waals surface area contributed by atoms with Crippen LogP contribution in [0.1, 0.15) is 55.0 Å². The third kappa shape index (κ3) is 3.09. The van der Waals surface area contributed by atoms with Crippen molar-refractivity contribution in [2.45, 2.75) is 51.1 Å². The molecule has 4 aliphatic rings. The average Bonchev–Trinajstić information content (AvgIpc) is 3.56. The maximum absolute atomic E-state index is 12.9. The molecule has 7 heteroatoms. The average molecular weight is 433 g/mol. The second-order valence-electron chi connectivity index (χ2n) is 9.85. The van der Waals surface area contributed by atoms with Crippen molar-refractivity contribution in [3.63, 3.8) is 0 Å². The Morgan fingerprint density at radius 3 is 2.47 bits per heavy atom. The second kappa shape index (κ2) is 7.57. The predicted molar refractivity (Wildman–Crippen MR) is 116 cm³/mol. The summed E-state index contributed by atoms with van der Waals surface area (Å²) in [5.74, 6) is -0.174. The van der Waals surface area contributed by atoms with Gasteiger partial charge in [-0.3, -0.25) is 24.0 Å². The van der Waals surface area contributed by atoms with Crippen LogP contribution in [0, 0.1) is 23.7 Å². The molecule has 2 heterocycles. The minimum absolute atomic E-state index is 0.123. The summed E-state index contributed by atoms with van der Waals surface area (Å²) in [6.45, 7) is 0.548. The van der Waals surface area contributed by atoms with E-state index in [1.807, 2.05) is 29.1 Å². The number of hydrogen-bond donors (Lipinski definition) is 1. The van der Waals surface area contributed by atoms with Crippen molar-refractivity contribution in [2.75, 3.05) is 6.54 Å². The molecular weight excluding hydrogens is 404 g/mol. The third-order valence-corrected chi connectivity index (χ3v) is 8.09. The molecule has 32 heavy (non-hydrogen) atoms. The van der Waals surface area contributed by atoms with Gasteiger partial charge in [0.05, 0.1) is 30.6 Å². The van der Waals surface area contributed by atoms with Crippen LogP contribution in [-0.2, 0) is 27.3 Å². The number of nitrogens with zero attached hydrogens (tertiary/aromatic N) is 3. The Balaban J connectivity index is 1.14. The van der Waals surface area contributed by atoms with Gasteiger partial charge in [0.2, 0.25) is 17.7 Å². The van der Waals surface area contributed by atoms with E-state index in [0.29, 0.717) is 18.4 Å². The highest BCUT2D eigenvalue weighted by molar-refractivity contribution is 6.08. The number of aromatic nitrogens is 2. The van der Waals surface area contributed by atoms with Crippen LogP contribution < -0.4 is 5.32 Å². The van der Waals surface area contributed by atoms with E-state index in [1.165, 1.54) is 10.5 Å². The number of rotatable bonds is 5. The molecule has 7 nitrogen and oxygen atoms in total. The molecular formula is C25H28N4O3. The molecule has 1 saturated heterocycles. The fourth-order valence-corrected chi connectivity index (χ4v) is 6.67. The first-order valence-corrected chi connectivity index (χ1v) is 11.8. The summed E-state index contributed by atoms with van der Waals surface area (Å²) in [6, 6.07) is 10.1. The number of carbonyl (C=O) groups excluding carboxylic acids is 3. The predicted octanol–water partition coefficient (Wildman–Crippen LogP) is 2.46. The van der Waals surface area contributed by atoms with Crippen LogP contribution in [0.5, 0.6) is 0 Å². The Bertz CT molecular complexity index is 1050. The largest absolute Gasteiger partial charge is 0.348 e. The summed E-state index contributed by atoms with van der Waals surface area (Å²) < 4.78 is 2.02. The van der Waals surface area contributed by atoms with E-state index in [2.05, 4.69) is 22.5 Å². The lowest BCUT2D eigenvalue weighted by Crippen LogP contribution is -2.43. The van der Waals surface area contributed by atoms with Crippen molar-refractivity contribution < 1.29 is 14.4 Å². The monoisotopic (exact) mass is 432 g/mol. The second-order valence-corrected chi connectivity index (χ2v) is 9.85. The van der Waals surface area contributed by atoms with Crippen LogP contribution in [0.2, 0.25) is 0 Å². The number of amides is 3. The Morgan fingerprint density at radius 1 is 1.03 bits per heavy atom. The maximum Gasteiger partial charge on any atom is 0.240 e. The van der Waals surface area contributed by atoms with Crippen molar-refractivity contribution in [1.82, 2.24) is 20.0 Å². The highest BCUT2D eigenvalue weighted by Gasteiger charge is 2.61. The first-order chi connectivity index (χ1) is 15.6. The molecule has 0 radical (unpaired) electrons. The Labute approximate surface area is 187 Å². The number of likely N-dealkylation sites (tertiary alicyclic amines) is 1. The van der Waals surface area contributed by atoms with Crippen LogP contribution in [-0.4, -0.2) is 38.9 Å². The highest BCUT2D eigenvalue weighted by Crippen LogP contribution is 2.56. The summed E-state index contributed by atoms with van der Waals surface area (Å²) in [7, 11) is 0. The highest BCUT2D eigenvalue weighted by atomic mass is 16.2. The molecule has 1 aromatic carbocycles. The van der Waals surface area contributed by atoms with Gasteiger partial charge in [0, 0.05) is 11.3 Å². The van der Waals surface area contributed by atoms with Gasteiger partial charge in [-0.15, -0.1) is 0 Å². The van der Waals surface area contributed by atoms with Gasteiger partial charge in [-0.2, -0.15) is 5.10 Å². The zero-order chi connectivity index (χ0) is 21.8. The van der Waals surface area contributed by atoms with Crippen LogP contribution in [0.15, 0.2) is 36.5 Å². The van der Waals surface area contributed by atoms with Crippen LogP contribution >= 0.6 is 0 Å². The van der Waals surface area contributed by atoms with E-state index in [-0.39, 0.29) is 42.1 Å². The van der Waals surface area contributed by atoms with E-state index >= 15 is 0 Å². The molecule has 3 aliphatic carbocycles. The molecule has 3 amide bonds. The van der Waals surface area contributed by atoms with Crippen LogP contribution in [0.4, 0.5) is 0 Å². The molecule has 0 unspecified atom stereocenters. The molecule has 0 spiro atoms. The number of carbonyl (C=O) groups is 3. The number of imide groups is 1. The zero-order valence-electron chi connectivity index (χ0n) is 18.1. The number of fused-ring (bicyclic) bond motifs is 6. The molecule has 3 fully saturated rings. The van der Waals surface area contributed by atoms with E-state index in [1.54, 1.807) is 0 Å². The van der Waals surface area contributed by atoms with Gasteiger partial charge >= 0.3 is 0 Å². The van der Waals surface area contributed by atoms with Gasteiger partial charge in [0.1, 0.15) is 6.54 Å². The van der Waals surface area contributed by atoms with Gasteiger partial charge in [0.25, 0.3) is 0 Å². The lowest BCUT2D eigenvalue weighted by Gasteiger charge is -2.25. The molecule has 2 saturated carbocycles. The summed E-state index contributed by atoms with van der Waals surface area (Å²) >= 11 is 0. The molecule has 2 aromatic rings. The van der Waals surface area contributed by atoms with E-state index in [0.717, 1.165) is 49.8 Å². The van der Waals surface area contributed by atoms with E-state index in [4.69, 9.17) is 0 Å². The first kappa shape index (κ1) is 19.7. The molecule has 1 aliphatic heterocycles. The van der Waals surface area contributed by atoms with Gasteiger partial charge in [-0.1, -0.05) is 30.3 Å². The minimum Gasteiger partial charge on any atom is -0.348 e. The molecule has 1 aromatic heterocycles. The summed E-state index contributed by atoms with van der Waals surface area (Å²) in [4.78, 5) is 39.9. The van der Waals surface area contributed by atoms with Gasteiger partial charge < -0.3 is 5.32 Å². The molecule has 6 rings (SSSR count). The van der Waals surface area contributed by atoms with Crippen molar-refractivity contribution in [1.29, 1.82) is 0 Å². The third-order valence-electron chi connectivity index (χ3n) is 8.09. The summed E-state index contributed by atoms with van der Waals surface area (Å²) in [5, 5.41) is 7.67. The number of nitrogens with one attached hydrogen (secondary N) is 1. The smallest absolute Gasteiger partial charge is 0.240 e. The van der Waals surface area contributed by atoms with E-state index < -0.39 is 0 Å². The summed E-state index contributed by atoms with van der Waals surface area (Å²) in [6.07, 6.45) is 7.69. The molecule has 166 valence electrons. The Hall–Kier alpha value is -2.96. The molecule has 2 bridgehead atoms. The maximum atomic E-state index is 12.9. The lowest BCUT2D eigenvalue weighted by molar-refractivity contribution is -0.144. The SMILES string of the molecule is O=C(CN1C(=O)[C@@H]2[C@H]3CC[C@@H](C3)[C@@H]2C1=O)N[C@@H]1CCCc2c1cnn2Cc1ccccc1. The quantitative estimate of drug-likeness (QED) is 0.736. The fourth-order valence-electron chi connectivity index (χ4n) is 6.67. The summed E-state index contributed by atoms with van der Waals surface area (Å²) in [5.41, 5.74) is 3.40. The van der Waals surface area contributed by atoms with Crippen molar-refractivity contribution in [3.8, 4) is 0 Å². The number of benzene rings is 1. The van der Waals surface area contributed by atoms with Gasteiger partial charge in [-0.25, -0.2) is 0 Å². The minimum atomic E-state index is -0.257. The lowest BCUT2D eigenvalue weighted by atomic mass is 9.81. The van der Waals surface area contributed by atoms with Gasteiger partial charge in [-0.05, 0) is 55.9 Å². The van der Waals surface area contributed by atoms with Crippen molar-refractivity contribution in [2.24, 2.45) is 23.7 Å². The van der Waals surface area contributed by atoms with Crippen LogP contribution in [0.3, 0.4) is 0 Å². The van der Waals surface area contributed by atoms with Crippen LogP contribution in [0.25, 0.3) is 0 Å². The van der Waals surface area contributed by atoms with Gasteiger partial charge in [0.15, 0.2) is 0 Å². The topological polar surface area (TPSA) is 84.3 Å². The fraction of sp³-hybridized carbons (Fsp3) is 0.520. The first-order valence-electron chi connectivity index (χ1n) is 11.8. The molecule has 5 atom stereocenters. The van der Waals surface area contributed by atoms with Crippen molar-refractivity contribution in [3.05, 3.63) is 53.3 Å². The standard InChI is InChI=1S/C25H28N4O3/c30-21(14-28-24(31)22-16-9-10-17(11-16)23(22)25(28)32)27-19-7-4-8-20-18(19)12-26-29(20)13-15-5-2-1-3-6-15/h1-3,5-6,12,16-17,19,22-23H,4,7-11,13-14H2,(H,27,30)/t16-,17-,19+,22-,23+/m0/s1. The van der Waals surface area contributed by atoms with E-state index in [9.17, 15) is 14.4 Å². The Kier molecular flexibility index (Phi) is 4.66. The Morgan fingerprint density at radius 2 is 1.75 bits per heavy atom. The zero-order valence-corrected chi connectivity index (χ0v) is 18.1. The van der Waals surface area contributed by atoms with Crippen molar-refractivity contribution >= 4 is 17.7 Å². The number of hydrogen-bond acceptors (Lipinski definition) is 4.